The van der Waals surface area contributed by atoms with Crippen molar-refractivity contribution in [3.05, 3.63) is 23.5 Å². The number of ether oxygens (including phenoxy) is 1. The second-order valence-corrected chi connectivity index (χ2v) is 6.02. The summed E-state index contributed by atoms with van der Waals surface area (Å²) < 4.78 is 5.06. The number of likely N-dealkylation sites (N-methyl/N-ethyl adjacent to an activating group) is 1. The van der Waals surface area contributed by atoms with Crippen LogP contribution in [0.2, 0.25) is 5.02 Å². The van der Waals surface area contributed by atoms with Crippen molar-refractivity contribution in [1.82, 2.24) is 9.88 Å². The molecule has 1 aliphatic heterocycles. The molecule has 0 spiro atoms. The molecule has 1 fully saturated rings. The summed E-state index contributed by atoms with van der Waals surface area (Å²) >= 11 is 6.10. The number of amides is 1. The fourth-order valence-electron chi connectivity index (χ4n) is 2.72. The molecule has 0 bridgehead atoms. The van der Waals surface area contributed by atoms with E-state index in [0.717, 1.165) is 18.5 Å². The molecular formula is C16H22ClN3O3. The molecule has 1 atom stereocenters. The second kappa shape index (κ2) is 8.15. The number of esters is 1. The average molecular weight is 340 g/mol. The van der Waals surface area contributed by atoms with E-state index in [4.69, 9.17) is 16.3 Å². The van der Waals surface area contributed by atoms with Gasteiger partial charge in [-0.05, 0) is 25.8 Å². The third-order valence-electron chi connectivity index (χ3n) is 3.93. The number of likely N-dealkylation sites (tertiary alicyclic amines) is 1. The number of halogens is 1. The summed E-state index contributed by atoms with van der Waals surface area (Å²) in [5.41, 5.74) is 0.758. The third-order valence-corrected chi connectivity index (χ3v) is 4.22. The lowest BCUT2D eigenvalue weighted by atomic mass is 9.98. The van der Waals surface area contributed by atoms with Crippen LogP contribution in [0.25, 0.3) is 0 Å². The van der Waals surface area contributed by atoms with Crippen LogP contribution in [-0.2, 0) is 14.3 Å². The van der Waals surface area contributed by atoms with Gasteiger partial charge in [-0.2, -0.15) is 0 Å². The maximum atomic E-state index is 12.5. The van der Waals surface area contributed by atoms with E-state index in [1.807, 2.05) is 7.05 Å². The number of hydrogen-bond acceptors (Lipinski definition) is 5. The lowest BCUT2D eigenvalue weighted by Gasteiger charge is -2.33. The van der Waals surface area contributed by atoms with Crippen molar-refractivity contribution in [1.29, 1.82) is 0 Å². The number of pyridine rings is 1. The Hall–Kier alpha value is -1.82. The molecule has 7 heteroatoms. The number of carbonyl (C=O) groups is 2. The summed E-state index contributed by atoms with van der Waals surface area (Å²) in [7, 11) is 1.81. The van der Waals surface area contributed by atoms with E-state index in [-0.39, 0.29) is 24.3 Å². The molecule has 1 amide bonds. The summed E-state index contributed by atoms with van der Waals surface area (Å²) in [6.07, 6.45) is 4.78. The van der Waals surface area contributed by atoms with Gasteiger partial charge >= 0.3 is 5.97 Å². The Labute approximate surface area is 141 Å². The van der Waals surface area contributed by atoms with Crippen LogP contribution in [-0.4, -0.2) is 55.0 Å². The number of anilines is 1. The largest absolute Gasteiger partial charge is 0.466 e. The number of nitrogens with zero attached hydrogens (tertiary/aromatic N) is 3. The van der Waals surface area contributed by atoms with Gasteiger partial charge in [0, 0.05) is 32.5 Å². The van der Waals surface area contributed by atoms with Crippen LogP contribution in [0, 0.1) is 5.92 Å². The molecule has 2 rings (SSSR count). The summed E-state index contributed by atoms with van der Waals surface area (Å²) in [5.74, 6) is -0.452. The first-order chi connectivity index (χ1) is 11.0. The molecule has 23 heavy (non-hydrogen) atoms. The van der Waals surface area contributed by atoms with Gasteiger partial charge in [-0.25, -0.2) is 0 Å². The Balaban J connectivity index is 1.95. The van der Waals surface area contributed by atoms with Gasteiger partial charge in [0.15, 0.2) is 0 Å². The SMILES string of the molecule is CCOC(=O)C1CCCN(C(=O)CN(C)c2ccncc2Cl)C1. The molecule has 1 aromatic heterocycles. The van der Waals surface area contributed by atoms with Crippen molar-refractivity contribution >= 4 is 29.2 Å². The van der Waals surface area contributed by atoms with Gasteiger partial charge < -0.3 is 14.5 Å². The molecule has 0 radical (unpaired) electrons. The second-order valence-electron chi connectivity index (χ2n) is 5.61. The molecule has 0 saturated carbocycles. The highest BCUT2D eigenvalue weighted by Crippen LogP contribution is 2.23. The van der Waals surface area contributed by atoms with Crippen LogP contribution in [0.3, 0.4) is 0 Å². The van der Waals surface area contributed by atoms with Crippen LogP contribution >= 0.6 is 11.6 Å². The highest BCUT2D eigenvalue weighted by Gasteiger charge is 2.29. The lowest BCUT2D eigenvalue weighted by Crippen LogP contribution is -2.46. The molecule has 0 aliphatic carbocycles. The molecule has 1 aliphatic rings. The first-order valence-corrected chi connectivity index (χ1v) is 8.15. The molecule has 6 nitrogen and oxygen atoms in total. The topological polar surface area (TPSA) is 62.7 Å². The zero-order valence-electron chi connectivity index (χ0n) is 13.5. The van der Waals surface area contributed by atoms with E-state index in [0.29, 0.717) is 24.7 Å². The van der Waals surface area contributed by atoms with Crippen LogP contribution < -0.4 is 4.90 Å². The van der Waals surface area contributed by atoms with Crippen LogP contribution in [0.4, 0.5) is 5.69 Å². The number of rotatable bonds is 5. The normalized spacial score (nSPS) is 17.7. The lowest BCUT2D eigenvalue weighted by molar-refractivity contribution is -0.151. The number of piperidine rings is 1. The molecule has 2 heterocycles. The Kier molecular flexibility index (Phi) is 6.21. The Morgan fingerprint density at radius 3 is 3.00 bits per heavy atom. The zero-order chi connectivity index (χ0) is 16.8. The fraction of sp³-hybridized carbons (Fsp3) is 0.562. The number of carbonyl (C=O) groups excluding carboxylic acids is 2. The number of hydrogen-bond donors (Lipinski definition) is 0. The van der Waals surface area contributed by atoms with E-state index in [1.165, 1.54) is 0 Å². The summed E-state index contributed by atoms with van der Waals surface area (Å²) in [5, 5.41) is 0.505. The van der Waals surface area contributed by atoms with E-state index >= 15 is 0 Å². The maximum Gasteiger partial charge on any atom is 0.310 e. The number of aromatic nitrogens is 1. The molecule has 0 N–H and O–H groups in total. The fourth-order valence-corrected chi connectivity index (χ4v) is 2.99. The van der Waals surface area contributed by atoms with Crippen LogP contribution in [0.15, 0.2) is 18.5 Å². The molecule has 1 aromatic rings. The van der Waals surface area contributed by atoms with E-state index in [9.17, 15) is 9.59 Å². The first-order valence-electron chi connectivity index (χ1n) is 7.78. The third kappa shape index (κ3) is 4.58. The average Bonchev–Trinajstić information content (AvgIpc) is 2.55. The van der Waals surface area contributed by atoms with Gasteiger partial charge in [0.05, 0.1) is 29.8 Å². The Morgan fingerprint density at radius 2 is 2.30 bits per heavy atom. The van der Waals surface area contributed by atoms with E-state index < -0.39 is 0 Å². The summed E-state index contributed by atoms with van der Waals surface area (Å²) in [6, 6.07) is 1.77. The minimum Gasteiger partial charge on any atom is -0.466 e. The van der Waals surface area contributed by atoms with Gasteiger partial charge in [-0.3, -0.25) is 14.6 Å². The Bertz CT molecular complexity index is 567. The highest BCUT2D eigenvalue weighted by atomic mass is 35.5. The zero-order valence-corrected chi connectivity index (χ0v) is 14.3. The monoisotopic (exact) mass is 339 g/mol. The predicted molar refractivity (Wildman–Crippen MR) is 88.5 cm³/mol. The van der Waals surface area contributed by atoms with Gasteiger partial charge in [0.1, 0.15) is 0 Å². The van der Waals surface area contributed by atoms with Crippen molar-refractivity contribution in [3.63, 3.8) is 0 Å². The predicted octanol–water partition coefficient (Wildman–Crippen LogP) is 1.97. The minimum atomic E-state index is -0.220. The molecule has 1 saturated heterocycles. The van der Waals surface area contributed by atoms with Gasteiger partial charge in [0.2, 0.25) is 5.91 Å². The highest BCUT2D eigenvalue weighted by molar-refractivity contribution is 6.33. The van der Waals surface area contributed by atoms with Gasteiger partial charge in [-0.1, -0.05) is 11.6 Å². The van der Waals surface area contributed by atoms with Crippen molar-refractivity contribution in [2.75, 3.05) is 38.2 Å². The van der Waals surface area contributed by atoms with Gasteiger partial charge in [-0.15, -0.1) is 0 Å². The molecular weight excluding hydrogens is 318 g/mol. The van der Waals surface area contributed by atoms with Gasteiger partial charge in [0.25, 0.3) is 0 Å². The van der Waals surface area contributed by atoms with Crippen LogP contribution in [0.5, 0.6) is 0 Å². The summed E-state index contributed by atoms with van der Waals surface area (Å²) in [6.45, 7) is 3.46. The molecule has 0 aromatic carbocycles. The molecule has 126 valence electrons. The van der Waals surface area contributed by atoms with Crippen molar-refractivity contribution < 1.29 is 14.3 Å². The Morgan fingerprint density at radius 1 is 1.52 bits per heavy atom. The van der Waals surface area contributed by atoms with E-state index in [2.05, 4.69) is 4.98 Å². The van der Waals surface area contributed by atoms with E-state index in [1.54, 1.807) is 35.2 Å². The first kappa shape index (κ1) is 17.5. The minimum absolute atomic E-state index is 0.0191. The standard InChI is InChI=1S/C16H22ClN3O3/c1-3-23-16(22)12-5-4-8-20(10-12)15(21)11-19(2)14-6-7-18-9-13(14)17/h6-7,9,12H,3-5,8,10-11H2,1-2H3. The van der Waals surface area contributed by atoms with Crippen molar-refractivity contribution in [3.8, 4) is 0 Å². The smallest absolute Gasteiger partial charge is 0.310 e. The quantitative estimate of drug-likeness (QED) is 0.767. The van der Waals surface area contributed by atoms with Crippen molar-refractivity contribution in [2.45, 2.75) is 19.8 Å². The maximum absolute atomic E-state index is 12.5. The van der Waals surface area contributed by atoms with Crippen LogP contribution in [0.1, 0.15) is 19.8 Å². The molecule has 1 unspecified atom stereocenters. The summed E-state index contributed by atoms with van der Waals surface area (Å²) in [4.78, 5) is 31.8. The van der Waals surface area contributed by atoms with Crippen molar-refractivity contribution in [2.24, 2.45) is 5.92 Å².